The highest BCUT2D eigenvalue weighted by Crippen LogP contribution is 2.24. The highest BCUT2D eigenvalue weighted by molar-refractivity contribution is 6.01. The smallest absolute Gasteiger partial charge is 0.312 e. The van der Waals surface area contributed by atoms with Crippen molar-refractivity contribution < 1.29 is 18.4 Å². The summed E-state index contributed by atoms with van der Waals surface area (Å²) in [4.78, 5) is 25.7. The lowest BCUT2D eigenvalue weighted by atomic mass is 10.1. The minimum atomic E-state index is -0.859. The predicted octanol–water partition coefficient (Wildman–Crippen LogP) is 4.13. The molecule has 2 aromatic rings. The van der Waals surface area contributed by atoms with Gasteiger partial charge in [-0.2, -0.15) is 0 Å². The highest BCUT2D eigenvalue weighted by Gasteiger charge is 2.20. The van der Waals surface area contributed by atoms with Gasteiger partial charge in [-0.3, -0.25) is 4.79 Å². The van der Waals surface area contributed by atoms with E-state index in [0.717, 1.165) is 25.0 Å². The Kier molecular flexibility index (Phi) is 4.92. The van der Waals surface area contributed by atoms with Gasteiger partial charge in [-0.05, 0) is 43.2 Å². The molecule has 0 aromatic heterocycles. The summed E-state index contributed by atoms with van der Waals surface area (Å²) in [6.07, 6.45) is 2.31. The molecule has 0 bridgehead atoms. The van der Waals surface area contributed by atoms with Gasteiger partial charge >= 0.3 is 6.03 Å². The number of para-hydroxylation sites is 1. The van der Waals surface area contributed by atoms with E-state index in [-0.39, 0.29) is 5.91 Å². The first kappa shape index (κ1) is 16.9. The fourth-order valence-electron chi connectivity index (χ4n) is 2.72. The molecule has 1 fully saturated rings. The number of carbonyl (C=O) groups excluding carboxylic acids is 2. The van der Waals surface area contributed by atoms with Crippen molar-refractivity contribution in [1.82, 2.24) is 0 Å². The summed E-state index contributed by atoms with van der Waals surface area (Å²) in [5.41, 5.74) is 0.590. The second kappa shape index (κ2) is 7.29. The quantitative estimate of drug-likeness (QED) is 0.879. The Balaban J connectivity index is 1.71. The normalized spacial score (nSPS) is 14.3. The number of anilines is 3. The van der Waals surface area contributed by atoms with Gasteiger partial charge in [-0.15, -0.1) is 0 Å². The number of halogens is 2. The molecule has 25 heavy (non-hydrogen) atoms. The Bertz CT molecular complexity index is 790. The zero-order valence-electron chi connectivity index (χ0n) is 13.4. The predicted molar refractivity (Wildman–Crippen MR) is 91.6 cm³/mol. The molecule has 1 heterocycles. The van der Waals surface area contributed by atoms with Crippen molar-refractivity contribution in [3.8, 4) is 0 Å². The van der Waals surface area contributed by atoms with Crippen LogP contribution in [0.3, 0.4) is 0 Å². The summed E-state index contributed by atoms with van der Waals surface area (Å²) in [5, 5.41) is 4.67. The standard InChI is InChI=1S/C18H17F2N3O2/c19-14-7-4-8-15(20)17(14)22-18(25)21-12-5-3-6-13(11-12)23-10-2-1-9-16(23)24/h3-8,11H,1-2,9-10H2,(H2,21,22,25). The first-order valence-electron chi connectivity index (χ1n) is 7.97. The number of benzene rings is 2. The molecule has 2 aromatic carbocycles. The van der Waals surface area contributed by atoms with Crippen LogP contribution < -0.4 is 15.5 Å². The third kappa shape index (κ3) is 3.93. The molecule has 0 atom stereocenters. The second-order valence-electron chi connectivity index (χ2n) is 5.73. The Morgan fingerprint density at radius 1 is 1.00 bits per heavy atom. The molecule has 0 aliphatic carbocycles. The zero-order valence-corrected chi connectivity index (χ0v) is 13.4. The van der Waals surface area contributed by atoms with Gasteiger partial charge in [0.25, 0.3) is 0 Å². The van der Waals surface area contributed by atoms with Crippen LogP contribution in [0.25, 0.3) is 0 Å². The maximum atomic E-state index is 13.6. The van der Waals surface area contributed by atoms with Crippen LogP contribution in [-0.2, 0) is 4.79 Å². The molecule has 3 rings (SSSR count). The van der Waals surface area contributed by atoms with Gasteiger partial charge in [-0.25, -0.2) is 13.6 Å². The maximum Gasteiger partial charge on any atom is 0.323 e. The van der Waals surface area contributed by atoms with E-state index in [2.05, 4.69) is 10.6 Å². The molecule has 1 aliphatic heterocycles. The summed E-state index contributed by atoms with van der Waals surface area (Å²) < 4.78 is 27.1. The number of hydrogen-bond donors (Lipinski definition) is 2. The lowest BCUT2D eigenvalue weighted by Gasteiger charge is -2.27. The van der Waals surface area contributed by atoms with Crippen molar-refractivity contribution in [1.29, 1.82) is 0 Å². The van der Waals surface area contributed by atoms with Crippen LogP contribution in [-0.4, -0.2) is 18.5 Å². The van der Waals surface area contributed by atoms with E-state index >= 15 is 0 Å². The van der Waals surface area contributed by atoms with Crippen LogP contribution in [0.1, 0.15) is 19.3 Å². The molecule has 0 unspecified atom stereocenters. The van der Waals surface area contributed by atoms with Crippen LogP contribution in [0, 0.1) is 11.6 Å². The van der Waals surface area contributed by atoms with Crippen LogP contribution >= 0.6 is 0 Å². The summed E-state index contributed by atoms with van der Waals surface area (Å²) >= 11 is 0. The molecule has 0 radical (unpaired) electrons. The van der Waals surface area contributed by atoms with Crippen molar-refractivity contribution >= 4 is 29.0 Å². The highest BCUT2D eigenvalue weighted by atomic mass is 19.1. The number of amides is 3. The summed E-state index contributed by atoms with van der Waals surface area (Å²) in [6, 6.07) is 9.33. The van der Waals surface area contributed by atoms with Gasteiger partial charge in [0.2, 0.25) is 5.91 Å². The molecule has 7 heteroatoms. The fourth-order valence-corrected chi connectivity index (χ4v) is 2.72. The van der Waals surface area contributed by atoms with Crippen molar-refractivity contribution in [2.45, 2.75) is 19.3 Å². The molecule has 0 spiro atoms. The maximum absolute atomic E-state index is 13.6. The van der Waals surface area contributed by atoms with E-state index in [1.54, 1.807) is 29.2 Å². The molecule has 1 saturated heterocycles. The van der Waals surface area contributed by atoms with Crippen molar-refractivity contribution in [2.75, 3.05) is 22.1 Å². The number of nitrogens with zero attached hydrogens (tertiary/aromatic N) is 1. The minimum absolute atomic E-state index is 0.0429. The molecular formula is C18H17F2N3O2. The minimum Gasteiger partial charge on any atom is -0.312 e. The largest absolute Gasteiger partial charge is 0.323 e. The first-order chi connectivity index (χ1) is 12.0. The van der Waals surface area contributed by atoms with Gasteiger partial charge < -0.3 is 15.5 Å². The van der Waals surface area contributed by atoms with E-state index in [9.17, 15) is 18.4 Å². The first-order valence-corrected chi connectivity index (χ1v) is 7.97. The van der Waals surface area contributed by atoms with Crippen molar-refractivity contribution in [3.05, 3.63) is 54.1 Å². The lowest BCUT2D eigenvalue weighted by molar-refractivity contribution is -0.119. The summed E-state index contributed by atoms with van der Waals surface area (Å²) in [6.45, 7) is 0.634. The average molecular weight is 345 g/mol. The van der Waals surface area contributed by atoms with E-state index < -0.39 is 23.4 Å². The number of piperidine rings is 1. The number of nitrogens with one attached hydrogen (secondary N) is 2. The third-order valence-corrected chi connectivity index (χ3v) is 3.94. The molecule has 130 valence electrons. The van der Waals surface area contributed by atoms with Gasteiger partial charge in [-0.1, -0.05) is 12.1 Å². The molecule has 0 saturated carbocycles. The second-order valence-corrected chi connectivity index (χ2v) is 5.73. The lowest BCUT2D eigenvalue weighted by Crippen LogP contribution is -2.35. The number of rotatable bonds is 3. The Morgan fingerprint density at radius 3 is 2.44 bits per heavy atom. The number of hydrogen-bond acceptors (Lipinski definition) is 2. The van der Waals surface area contributed by atoms with E-state index in [4.69, 9.17) is 0 Å². The SMILES string of the molecule is O=C(Nc1cccc(N2CCCCC2=O)c1)Nc1c(F)cccc1F. The Hall–Kier alpha value is -2.96. The number of carbonyl (C=O) groups is 2. The van der Waals surface area contributed by atoms with Crippen molar-refractivity contribution in [3.63, 3.8) is 0 Å². The van der Waals surface area contributed by atoms with Gasteiger partial charge in [0.15, 0.2) is 0 Å². The molecular weight excluding hydrogens is 328 g/mol. The van der Waals surface area contributed by atoms with Gasteiger partial charge in [0, 0.05) is 24.3 Å². The van der Waals surface area contributed by atoms with Crippen LogP contribution in [0.5, 0.6) is 0 Å². The Labute approximate surface area is 143 Å². The molecule has 2 N–H and O–H groups in total. The molecule has 1 aliphatic rings. The number of urea groups is 1. The third-order valence-electron chi connectivity index (χ3n) is 3.94. The Morgan fingerprint density at radius 2 is 1.72 bits per heavy atom. The topological polar surface area (TPSA) is 61.4 Å². The van der Waals surface area contributed by atoms with E-state index in [1.807, 2.05) is 0 Å². The van der Waals surface area contributed by atoms with Gasteiger partial charge in [0.05, 0.1) is 0 Å². The van der Waals surface area contributed by atoms with E-state index in [1.165, 1.54) is 6.07 Å². The molecule has 3 amide bonds. The summed E-state index contributed by atoms with van der Waals surface area (Å²) in [7, 11) is 0. The van der Waals surface area contributed by atoms with Crippen LogP contribution in [0.15, 0.2) is 42.5 Å². The van der Waals surface area contributed by atoms with Gasteiger partial charge in [0.1, 0.15) is 17.3 Å². The van der Waals surface area contributed by atoms with Crippen LogP contribution in [0.2, 0.25) is 0 Å². The van der Waals surface area contributed by atoms with Crippen LogP contribution in [0.4, 0.5) is 30.6 Å². The van der Waals surface area contributed by atoms with Crippen molar-refractivity contribution in [2.24, 2.45) is 0 Å². The monoisotopic (exact) mass is 345 g/mol. The average Bonchev–Trinajstić information content (AvgIpc) is 2.59. The zero-order chi connectivity index (χ0) is 17.8. The van der Waals surface area contributed by atoms with E-state index in [0.29, 0.717) is 24.3 Å². The molecule has 5 nitrogen and oxygen atoms in total. The fraction of sp³-hybridized carbons (Fsp3) is 0.222. The summed E-state index contributed by atoms with van der Waals surface area (Å²) in [5.74, 6) is -1.67.